The lowest BCUT2D eigenvalue weighted by Gasteiger charge is -2.17. The van der Waals surface area contributed by atoms with Crippen molar-refractivity contribution in [2.45, 2.75) is 11.8 Å². The maximum absolute atomic E-state index is 12.4. The minimum Gasteiger partial charge on any atom is -0.272 e. The van der Waals surface area contributed by atoms with Gasteiger partial charge in [-0.3, -0.25) is 20.4 Å². The number of carbonyl (C=O) groups excluding carboxylic acids is 2. The smallest absolute Gasteiger partial charge is 0.269 e. The Balaban J connectivity index is 1.93. The van der Waals surface area contributed by atoms with Gasteiger partial charge in [0.15, 0.2) is 0 Å². The molecule has 0 atom stereocenters. The van der Waals surface area contributed by atoms with Crippen LogP contribution in [0.1, 0.15) is 21.5 Å². The fourth-order valence-electron chi connectivity index (χ4n) is 2.11. The van der Waals surface area contributed by atoms with E-state index >= 15 is 0 Å². The molecule has 0 spiro atoms. The standard InChI is InChI=1S/C18H18N4O4S/c1-13-3-9-16(10-4-13)27(25,26)22(2)12-17(23)20-21-18(24)15-7-5-14(11-19)6-8-15/h3-10H,12H2,1-2H3,(H,20,23)(H,21,24). The van der Waals surface area contributed by atoms with Crippen LogP contribution < -0.4 is 10.9 Å². The van der Waals surface area contributed by atoms with Crippen molar-refractivity contribution < 1.29 is 18.0 Å². The van der Waals surface area contributed by atoms with Gasteiger partial charge in [0.2, 0.25) is 10.0 Å². The monoisotopic (exact) mass is 386 g/mol. The highest BCUT2D eigenvalue weighted by Crippen LogP contribution is 2.14. The molecule has 8 nitrogen and oxygen atoms in total. The Morgan fingerprint density at radius 3 is 2.19 bits per heavy atom. The first-order valence-corrected chi connectivity index (χ1v) is 9.30. The van der Waals surface area contributed by atoms with Crippen LogP contribution in [0.5, 0.6) is 0 Å². The van der Waals surface area contributed by atoms with E-state index in [4.69, 9.17) is 5.26 Å². The third kappa shape index (κ3) is 5.13. The number of sulfonamides is 1. The molecule has 0 saturated heterocycles. The first-order chi connectivity index (χ1) is 12.7. The van der Waals surface area contributed by atoms with Crippen molar-refractivity contribution in [3.05, 3.63) is 65.2 Å². The molecule has 2 rings (SSSR count). The average Bonchev–Trinajstić information content (AvgIpc) is 2.66. The molecule has 0 fully saturated rings. The number of amides is 2. The zero-order valence-corrected chi connectivity index (χ0v) is 15.6. The molecule has 2 aromatic carbocycles. The van der Waals surface area contributed by atoms with Gasteiger partial charge in [0, 0.05) is 12.6 Å². The summed E-state index contributed by atoms with van der Waals surface area (Å²) in [4.78, 5) is 24.0. The lowest BCUT2D eigenvalue weighted by Crippen LogP contribution is -2.46. The molecule has 2 aromatic rings. The first-order valence-electron chi connectivity index (χ1n) is 7.86. The van der Waals surface area contributed by atoms with Crippen molar-refractivity contribution in [3.63, 3.8) is 0 Å². The first kappa shape index (κ1) is 20.1. The van der Waals surface area contributed by atoms with Crippen molar-refractivity contribution in [1.29, 1.82) is 5.26 Å². The van der Waals surface area contributed by atoms with Crippen molar-refractivity contribution in [2.24, 2.45) is 0 Å². The Kier molecular flexibility index (Phi) is 6.28. The average molecular weight is 386 g/mol. The summed E-state index contributed by atoms with van der Waals surface area (Å²) in [6.45, 7) is 1.37. The molecular weight excluding hydrogens is 368 g/mol. The van der Waals surface area contributed by atoms with Crippen molar-refractivity contribution in [1.82, 2.24) is 15.2 Å². The number of carbonyl (C=O) groups is 2. The molecule has 0 heterocycles. The maximum atomic E-state index is 12.4. The van der Waals surface area contributed by atoms with Crippen LogP contribution in [0.25, 0.3) is 0 Å². The molecule has 0 aromatic heterocycles. The number of likely N-dealkylation sites (N-methyl/N-ethyl adjacent to an activating group) is 1. The fourth-order valence-corrected chi connectivity index (χ4v) is 3.24. The number of rotatable bonds is 5. The highest BCUT2D eigenvalue weighted by Gasteiger charge is 2.23. The topological polar surface area (TPSA) is 119 Å². The summed E-state index contributed by atoms with van der Waals surface area (Å²) < 4.78 is 25.8. The molecular formula is C18H18N4O4S. The van der Waals surface area contributed by atoms with Crippen molar-refractivity contribution in [2.75, 3.05) is 13.6 Å². The van der Waals surface area contributed by atoms with Crippen LogP contribution in [-0.2, 0) is 14.8 Å². The van der Waals surface area contributed by atoms with Crippen LogP contribution in [-0.4, -0.2) is 38.1 Å². The predicted molar refractivity (Wildman–Crippen MR) is 97.8 cm³/mol. The Hall–Kier alpha value is -3.22. The van der Waals surface area contributed by atoms with E-state index in [-0.39, 0.29) is 10.5 Å². The molecule has 2 N–H and O–H groups in total. The van der Waals surface area contributed by atoms with Crippen LogP contribution in [0.4, 0.5) is 0 Å². The van der Waals surface area contributed by atoms with Crippen LogP contribution in [0, 0.1) is 18.3 Å². The summed E-state index contributed by atoms with van der Waals surface area (Å²) in [5.74, 6) is -1.29. The van der Waals surface area contributed by atoms with E-state index in [9.17, 15) is 18.0 Å². The molecule has 2 amide bonds. The molecule has 0 aliphatic heterocycles. The van der Waals surface area contributed by atoms with Gasteiger partial charge in [-0.05, 0) is 43.3 Å². The number of benzene rings is 2. The Bertz CT molecular complexity index is 978. The number of nitrogens with one attached hydrogen (secondary N) is 2. The highest BCUT2D eigenvalue weighted by molar-refractivity contribution is 7.89. The van der Waals surface area contributed by atoms with Crippen LogP contribution in [0.2, 0.25) is 0 Å². The van der Waals surface area contributed by atoms with Gasteiger partial charge in [-0.25, -0.2) is 8.42 Å². The lowest BCUT2D eigenvalue weighted by molar-refractivity contribution is -0.121. The van der Waals surface area contributed by atoms with Crippen LogP contribution >= 0.6 is 0 Å². The number of nitrogens with zero attached hydrogens (tertiary/aromatic N) is 2. The summed E-state index contributed by atoms with van der Waals surface area (Å²) in [6.07, 6.45) is 0. The van der Waals surface area contributed by atoms with Gasteiger partial charge in [-0.2, -0.15) is 9.57 Å². The van der Waals surface area contributed by atoms with E-state index < -0.39 is 28.4 Å². The zero-order valence-electron chi connectivity index (χ0n) is 14.8. The molecule has 0 unspecified atom stereocenters. The number of hydrogen-bond donors (Lipinski definition) is 2. The Morgan fingerprint density at radius 1 is 1.04 bits per heavy atom. The maximum Gasteiger partial charge on any atom is 0.269 e. The molecule has 0 aliphatic carbocycles. The minimum absolute atomic E-state index is 0.0741. The molecule has 9 heteroatoms. The van der Waals surface area contributed by atoms with E-state index in [0.717, 1.165) is 9.87 Å². The normalized spacial score (nSPS) is 10.9. The largest absolute Gasteiger partial charge is 0.272 e. The van der Waals surface area contributed by atoms with E-state index in [2.05, 4.69) is 10.9 Å². The second-order valence-electron chi connectivity index (χ2n) is 5.77. The molecule has 140 valence electrons. The molecule has 0 saturated carbocycles. The fraction of sp³-hybridized carbons (Fsp3) is 0.167. The van der Waals surface area contributed by atoms with Gasteiger partial charge in [0.1, 0.15) is 0 Å². The Labute approximate surface area is 157 Å². The molecule has 27 heavy (non-hydrogen) atoms. The summed E-state index contributed by atoms with van der Waals surface area (Å²) in [5.41, 5.74) is 5.92. The van der Waals surface area contributed by atoms with Crippen molar-refractivity contribution in [3.8, 4) is 6.07 Å². The van der Waals surface area contributed by atoms with Gasteiger partial charge in [0.05, 0.1) is 23.1 Å². The third-order valence-corrected chi connectivity index (χ3v) is 5.50. The van der Waals surface area contributed by atoms with Gasteiger partial charge in [0.25, 0.3) is 11.8 Å². The summed E-state index contributed by atoms with van der Waals surface area (Å²) in [6, 6.07) is 14.0. The Morgan fingerprint density at radius 2 is 1.63 bits per heavy atom. The second-order valence-corrected chi connectivity index (χ2v) is 7.81. The third-order valence-electron chi connectivity index (χ3n) is 3.69. The molecule has 0 aliphatic rings. The number of hydrogen-bond acceptors (Lipinski definition) is 5. The van der Waals surface area contributed by atoms with Crippen molar-refractivity contribution >= 4 is 21.8 Å². The number of hydrazine groups is 1. The van der Waals surface area contributed by atoms with E-state index in [1.807, 2.05) is 13.0 Å². The van der Waals surface area contributed by atoms with Gasteiger partial charge in [-0.1, -0.05) is 17.7 Å². The number of aryl methyl sites for hydroxylation is 1. The molecule has 0 radical (unpaired) electrons. The summed E-state index contributed by atoms with van der Waals surface area (Å²) in [7, 11) is -2.55. The zero-order chi connectivity index (χ0) is 20.0. The highest BCUT2D eigenvalue weighted by atomic mass is 32.2. The van der Waals surface area contributed by atoms with Crippen LogP contribution in [0.15, 0.2) is 53.4 Å². The van der Waals surface area contributed by atoms with Gasteiger partial charge in [-0.15, -0.1) is 0 Å². The van der Waals surface area contributed by atoms with Gasteiger partial charge >= 0.3 is 0 Å². The van der Waals surface area contributed by atoms with Gasteiger partial charge < -0.3 is 0 Å². The summed E-state index contributed by atoms with van der Waals surface area (Å²) in [5, 5.41) is 8.73. The second kappa shape index (κ2) is 8.44. The van der Waals surface area contributed by atoms with E-state index in [1.165, 1.54) is 43.4 Å². The van der Waals surface area contributed by atoms with E-state index in [1.54, 1.807) is 12.1 Å². The van der Waals surface area contributed by atoms with Crippen LogP contribution in [0.3, 0.4) is 0 Å². The molecule has 0 bridgehead atoms. The predicted octanol–water partition coefficient (Wildman–Crippen LogP) is 0.948. The minimum atomic E-state index is -3.82. The lowest BCUT2D eigenvalue weighted by atomic mass is 10.1. The quantitative estimate of drug-likeness (QED) is 0.742. The summed E-state index contributed by atoms with van der Waals surface area (Å²) >= 11 is 0. The SMILES string of the molecule is Cc1ccc(S(=O)(=O)N(C)CC(=O)NNC(=O)c2ccc(C#N)cc2)cc1. The van der Waals surface area contributed by atoms with E-state index in [0.29, 0.717) is 5.56 Å². The number of nitriles is 1.